The number of carbonyl (C=O) groups excluding carboxylic acids is 1. The summed E-state index contributed by atoms with van der Waals surface area (Å²) in [4.78, 5) is 32.4. The lowest BCUT2D eigenvalue weighted by atomic mass is 9.99. The van der Waals surface area contributed by atoms with Crippen LogP contribution in [0.1, 0.15) is 66.5 Å². The number of nitrogens with zero attached hydrogens (tertiary/aromatic N) is 4. The van der Waals surface area contributed by atoms with E-state index in [2.05, 4.69) is 11.1 Å². The van der Waals surface area contributed by atoms with Gasteiger partial charge in [-0.1, -0.05) is 62.7 Å². The highest BCUT2D eigenvalue weighted by molar-refractivity contribution is 7.91. The number of rotatable bonds is 10. The zero-order valence-electron chi connectivity index (χ0n) is 25.8. The van der Waals surface area contributed by atoms with Crippen molar-refractivity contribution in [3.63, 3.8) is 0 Å². The third-order valence-electron chi connectivity index (χ3n) is 8.18. The molecule has 1 saturated heterocycles. The zero-order valence-corrected chi connectivity index (χ0v) is 26.7. The Kier molecular flexibility index (Phi) is 9.99. The smallest absolute Gasteiger partial charge is 0.277 e. The van der Waals surface area contributed by atoms with Gasteiger partial charge in [-0.15, -0.1) is 0 Å². The molecule has 46 heavy (non-hydrogen) atoms. The largest absolute Gasteiger partial charge is 0.492 e. The van der Waals surface area contributed by atoms with Gasteiger partial charge in [0.25, 0.3) is 11.5 Å². The van der Waals surface area contributed by atoms with Crippen LogP contribution in [-0.4, -0.2) is 60.2 Å². The molecule has 11 heteroatoms. The van der Waals surface area contributed by atoms with Crippen LogP contribution in [0.15, 0.2) is 87.4 Å². The van der Waals surface area contributed by atoms with Gasteiger partial charge in [0, 0.05) is 25.1 Å². The second kappa shape index (κ2) is 14.1. The van der Waals surface area contributed by atoms with Crippen molar-refractivity contribution in [2.24, 2.45) is 0 Å². The van der Waals surface area contributed by atoms with Crippen molar-refractivity contribution >= 4 is 15.7 Å². The lowest BCUT2D eigenvalue weighted by Crippen LogP contribution is -2.40. The lowest BCUT2D eigenvalue weighted by Gasteiger charge is -2.27. The molecule has 0 saturated carbocycles. The molecule has 3 aromatic carbocycles. The molecule has 5 rings (SSSR count). The van der Waals surface area contributed by atoms with E-state index in [0.717, 1.165) is 6.42 Å². The number of hydrogen-bond donors (Lipinski definition) is 1. The highest BCUT2D eigenvalue weighted by atomic mass is 32.2. The van der Waals surface area contributed by atoms with E-state index in [0.29, 0.717) is 73.4 Å². The highest BCUT2D eigenvalue weighted by Gasteiger charge is 2.32. The van der Waals surface area contributed by atoms with E-state index in [4.69, 9.17) is 4.74 Å². The first-order valence-electron chi connectivity index (χ1n) is 15.4. The van der Waals surface area contributed by atoms with Gasteiger partial charge >= 0.3 is 0 Å². The summed E-state index contributed by atoms with van der Waals surface area (Å²) in [6, 6.07) is 21.3. The van der Waals surface area contributed by atoms with Crippen LogP contribution in [0.5, 0.6) is 5.88 Å². The van der Waals surface area contributed by atoms with Crippen molar-refractivity contribution in [2.45, 2.75) is 55.4 Å². The molecule has 1 amide bonds. The molecular weight excluding hydrogens is 604 g/mol. The summed E-state index contributed by atoms with van der Waals surface area (Å²) in [5.74, 6) is -0.714. The van der Waals surface area contributed by atoms with Crippen molar-refractivity contribution < 1.29 is 23.1 Å². The molecular formula is C35H36N4O6S. The molecule has 1 fully saturated rings. The number of aromatic nitrogens is 2. The number of nitriles is 1. The molecule has 0 aliphatic carbocycles. The van der Waals surface area contributed by atoms with Crippen LogP contribution >= 0.6 is 0 Å². The summed E-state index contributed by atoms with van der Waals surface area (Å²) in [5.41, 5.74) is 1.94. The first-order valence-corrected chi connectivity index (χ1v) is 16.9. The molecule has 1 unspecified atom stereocenters. The van der Waals surface area contributed by atoms with Crippen molar-refractivity contribution in [2.75, 3.05) is 26.3 Å². The molecule has 1 aliphatic heterocycles. The Morgan fingerprint density at radius 3 is 2.43 bits per heavy atom. The van der Waals surface area contributed by atoms with E-state index in [1.165, 1.54) is 16.7 Å². The summed E-state index contributed by atoms with van der Waals surface area (Å²) in [6.07, 6.45) is 2.23. The molecule has 0 spiro atoms. The standard InChI is InChI=1S/C35H36N4O6S/c1-3-5-13-31-37-33(40)32(35(42)39(31)30(4-2)26-10-8-9-24(22-26)23-36)46(43,44)27-16-14-25(15-17-27)28-11-6-7-12-29(28)34(41)38-18-20-45-21-19-38/h6-12,14-17,22,30,40H,3-5,13,18-21H2,1-2H3. The van der Waals surface area contributed by atoms with Crippen LogP contribution in [0.4, 0.5) is 0 Å². The summed E-state index contributed by atoms with van der Waals surface area (Å²) in [5, 5.41) is 20.4. The van der Waals surface area contributed by atoms with Crippen molar-refractivity contribution in [1.29, 1.82) is 5.26 Å². The van der Waals surface area contributed by atoms with E-state index < -0.39 is 32.2 Å². The van der Waals surface area contributed by atoms with E-state index in [9.17, 15) is 28.4 Å². The van der Waals surface area contributed by atoms with Gasteiger partial charge in [0.05, 0.1) is 35.8 Å². The van der Waals surface area contributed by atoms with Gasteiger partial charge in [-0.2, -0.15) is 10.2 Å². The molecule has 1 aromatic heterocycles. The SMILES string of the molecule is CCCCc1nc(O)c(S(=O)(=O)c2ccc(-c3ccccc3C(=O)N3CCOCC3)cc2)c(=O)n1C(CC)c1cccc(C#N)c1. The first-order chi connectivity index (χ1) is 22.2. The van der Waals surface area contributed by atoms with Crippen LogP contribution in [-0.2, 0) is 21.0 Å². The normalized spacial score (nSPS) is 14.1. The number of amides is 1. The molecule has 10 nitrogen and oxygen atoms in total. The highest BCUT2D eigenvalue weighted by Crippen LogP contribution is 2.31. The van der Waals surface area contributed by atoms with Gasteiger partial charge < -0.3 is 14.7 Å². The average Bonchev–Trinajstić information content (AvgIpc) is 3.08. The maximum absolute atomic E-state index is 14.1. The number of hydrogen-bond acceptors (Lipinski definition) is 8. The van der Waals surface area contributed by atoms with Gasteiger partial charge in [-0.3, -0.25) is 14.2 Å². The maximum Gasteiger partial charge on any atom is 0.277 e. The van der Waals surface area contributed by atoms with Crippen molar-refractivity contribution in [3.05, 3.63) is 106 Å². The molecule has 0 bridgehead atoms. The van der Waals surface area contributed by atoms with Gasteiger partial charge in [0.15, 0.2) is 4.90 Å². The topological polar surface area (TPSA) is 143 Å². The number of aromatic hydroxyl groups is 1. The number of morpholine rings is 1. The average molecular weight is 641 g/mol. The Labute approximate surface area is 268 Å². The minimum Gasteiger partial charge on any atom is -0.492 e. The monoisotopic (exact) mass is 640 g/mol. The Hall–Kier alpha value is -4.79. The third-order valence-corrected chi connectivity index (χ3v) is 9.97. The Bertz CT molecular complexity index is 1940. The second-order valence-corrected chi connectivity index (χ2v) is 13.0. The fourth-order valence-electron chi connectivity index (χ4n) is 5.79. The molecule has 2 heterocycles. The van der Waals surface area contributed by atoms with Gasteiger partial charge in [0.1, 0.15) is 5.82 Å². The molecule has 0 radical (unpaired) electrons. The van der Waals surface area contributed by atoms with E-state index in [1.54, 1.807) is 65.6 Å². The Balaban J connectivity index is 1.57. The number of unbranched alkanes of at least 4 members (excludes halogenated alkanes) is 1. The van der Waals surface area contributed by atoms with E-state index in [-0.39, 0.29) is 16.6 Å². The molecule has 1 atom stereocenters. The maximum atomic E-state index is 14.1. The van der Waals surface area contributed by atoms with Gasteiger partial charge in [0.2, 0.25) is 15.7 Å². The zero-order chi connectivity index (χ0) is 32.8. The second-order valence-electron chi connectivity index (χ2n) is 11.1. The summed E-state index contributed by atoms with van der Waals surface area (Å²) in [6.45, 7) is 5.75. The predicted octanol–water partition coefficient (Wildman–Crippen LogP) is 5.13. The predicted molar refractivity (Wildman–Crippen MR) is 172 cm³/mol. The quantitative estimate of drug-likeness (QED) is 0.251. The Morgan fingerprint density at radius 1 is 1.04 bits per heavy atom. The molecule has 238 valence electrons. The minimum atomic E-state index is -4.53. The molecule has 4 aromatic rings. The molecule has 1 aliphatic rings. The minimum absolute atomic E-state index is 0.138. The summed E-state index contributed by atoms with van der Waals surface area (Å²) >= 11 is 0. The summed E-state index contributed by atoms with van der Waals surface area (Å²) < 4.78 is 34.7. The van der Waals surface area contributed by atoms with Crippen LogP contribution in [0.3, 0.4) is 0 Å². The summed E-state index contributed by atoms with van der Waals surface area (Å²) in [7, 11) is -4.53. The molecule has 1 N–H and O–H groups in total. The fourth-order valence-corrected chi connectivity index (χ4v) is 7.13. The Morgan fingerprint density at radius 2 is 1.76 bits per heavy atom. The number of carbonyl (C=O) groups is 1. The first kappa shape index (κ1) is 32.6. The third kappa shape index (κ3) is 6.45. The number of aryl methyl sites for hydroxylation is 1. The fraction of sp³-hybridized carbons (Fsp3) is 0.314. The van der Waals surface area contributed by atoms with Crippen LogP contribution in [0, 0.1) is 11.3 Å². The van der Waals surface area contributed by atoms with Crippen LogP contribution in [0.2, 0.25) is 0 Å². The number of sulfone groups is 1. The van der Waals surface area contributed by atoms with Crippen molar-refractivity contribution in [1.82, 2.24) is 14.5 Å². The number of benzene rings is 3. The van der Waals surface area contributed by atoms with Crippen molar-refractivity contribution in [3.8, 4) is 23.1 Å². The van der Waals surface area contributed by atoms with Gasteiger partial charge in [-0.25, -0.2) is 8.42 Å². The number of ether oxygens (including phenoxy) is 1. The van der Waals surface area contributed by atoms with E-state index in [1.807, 2.05) is 13.8 Å². The van der Waals surface area contributed by atoms with Crippen LogP contribution < -0.4 is 5.56 Å². The van der Waals surface area contributed by atoms with E-state index >= 15 is 0 Å². The van der Waals surface area contributed by atoms with Gasteiger partial charge in [-0.05, 0) is 59.9 Å². The van der Waals surface area contributed by atoms with Crippen LogP contribution in [0.25, 0.3) is 11.1 Å². The lowest BCUT2D eigenvalue weighted by molar-refractivity contribution is 0.0303.